The maximum absolute atomic E-state index is 12.2. The highest BCUT2D eigenvalue weighted by atomic mass is 16.7. The third-order valence-corrected chi connectivity index (χ3v) is 5.47. The molecule has 2 rings (SSSR count). The zero-order valence-electron chi connectivity index (χ0n) is 15.0. The summed E-state index contributed by atoms with van der Waals surface area (Å²) in [4.78, 5) is 14.1. The molecule has 5 heteroatoms. The fourth-order valence-electron chi connectivity index (χ4n) is 3.89. The van der Waals surface area contributed by atoms with Crippen molar-refractivity contribution in [2.45, 2.75) is 70.9 Å². The number of carbonyl (C=O) groups is 1. The van der Waals surface area contributed by atoms with Crippen LogP contribution >= 0.6 is 0 Å². The van der Waals surface area contributed by atoms with Gasteiger partial charge in [0, 0.05) is 19.6 Å². The fraction of sp³-hybridized carbons (Fsp3) is 0.944. The number of nitrogens with zero attached hydrogens (tertiary/aromatic N) is 1. The van der Waals surface area contributed by atoms with Gasteiger partial charge in [-0.2, -0.15) is 0 Å². The van der Waals surface area contributed by atoms with Crippen LogP contribution in [0.4, 0.5) is 4.79 Å². The summed E-state index contributed by atoms with van der Waals surface area (Å²) in [6, 6.07) is 0.245. The molecule has 1 saturated heterocycles. The molecule has 0 aromatic rings. The largest absolute Gasteiger partial charge is 0.447 e. The van der Waals surface area contributed by atoms with E-state index in [9.17, 15) is 4.79 Å². The van der Waals surface area contributed by atoms with Crippen LogP contribution in [-0.2, 0) is 14.2 Å². The summed E-state index contributed by atoms with van der Waals surface area (Å²) in [5, 5.41) is 0. The monoisotopic (exact) mass is 327 g/mol. The van der Waals surface area contributed by atoms with Gasteiger partial charge in [0.05, 0.1) is 12.1 Å². The predicted molar refractivity (Wildman–Crippen MR) is 89.2 cm³/mol. The SMILES string of the molecule is CCC(CN1C(=O)OCC1CC1CCCCC1)C(C)OCOC. The molecule has 0 aromatic carbocycles. The van der Waals surface area contributed by atoms with Crippen molar-refractivity contribution in [3.05, 3.63) is 0 Å². The van der Waals surface area contributed by atoms with E-state index in [1.807, 2.05) is 4.90 Å². The Morgan fingerprint density at radius 1 is 1.30 bits per heavy atom. The Morgan fingerprint density at radius 3 is 2.70 bits per heavy atom. The molecule has 134 valence electrons. The minimum Gasteiger partial charge on any atom is -0.447 e. The summed E-state index contributed by atoms with van der Waals surface area (Å²) in [5.41, 5.74) is 0. The number of carbonyl (C=O) groups excluding carboxylic acids is 1. The van der Waals surface area contributed by atoms with Gasteiger partial charge in [0.15, 0.2) is 0 Å². The molecule has 3 atom stereocenters. The molecular weight excluding hydrogens is 294 g/mol. The van der Waals surface area contributed by atoms with Crippen molar-refractivity contribution in [1.82, 2.24) is 4.90 Å². The Morgan fingerprint density at radius 2 is 2.04 bits per heavy atom. The minimum atomic E-state index is -0.150. The number of ether oxygens (including phenoxy) is 3. The van der Waals surface area contributed by atoms with Crippen LogP contribution in [0.3, 0.4) is 0 Å². The van der Waals surface area contributed by atoms with Crippen LogP contribution in [-0.4, -0.2) is 50.2 Å². The van der Waals surface area contributed by atoms with E-state index in [0.717, 1.165) is 25.3 Å². The van der Waals surface area contributed by atoms with Crippen LogP contribution in [0.5, 0.6) is 0 Å². The van der Waals surface area contributed by atoms with E-state index in [4.69, 9.17) is 14.2 Å². The average Bonchev–Trinajstić information content (AvgIpc) is 2.91. The Balaban J connectivity index is 1.89. The summed E-state index contributed by atoms with van der Waals surface area (Å²) in [6.07, 6.45) is 8.66. The molecule has 0 spiro atoms. The number of hydrogen-bond donors (Lipinski definition) is 0. The van der Waals surface area contributed by atoms with Crippen molar-refractivity contribution in [2.75, 3.05) is 27.1 Å². The van der Waals surface area contributed by atoms with Gasteiger partial charge in [-0.25, -0.2) is 4.79 Å². The summed E-state index contributed by atoms with van der Waals surface area (Å²) >= 11 is 0. The van der Waals surface area contributed by atoms with Gasteiger partial charge in [-0.15, -0.1) is 0 Å². The van der Waals surface area contributed by atoms with Crippen LogP contribution in [0.1, 0.15) is 58.8 Å². The second-order valence-corrected chi connectivity index (χ2v) is 7.07. The topological polar surface area (TPSA) is 48.0 Å². The second kappa shape index (κ2) is 9.48. The van der Waals surface area contributed by atoms with Crippen LogP contribution in [0.15, 0.2) is 0 Å². The van der Waals surface area contributed by atoms with E-state index in [1.54, 1.807) is 7.11 Å². The standard InChI is InChI=1S/C18H33NO4/c1-4-16(14(2)23-13-21-3)11-19-17(12-22-18(19)20)10-15-8-6-5-7-9-15/h14-17H,4-13H2,1-3H3. The first-order valence-corrected chi connectivity index (χ1v) is 9.19. The van der Waals surface area contributed by atoms with Crippen molar-refractivity contribution in [3.63, 3.8) is 0 Å². The molecule has 1 amide bonds. The van der Waals surface area contributed by atoms with Crippen molar-refractivity contribution in [2.24, 2.45) is 11.8 Å². The van der Waals surface area contributed by atoms with E-state index in [2.05, 4.69) is 13.8 Å². The van der Waals surface area contributed by atoms with Crippen molar-refractivity contribution in [3.8, 4) is 0 Å². The quantitative estimate of drug-likeness (QED) is 0.604. The van der Waals surface area contributed by atoms with Gasteiger partial charge in [0.2, 0.25) is 0 Å². The summed E-state index contributed by atoms with van der Waals surface area (Å²) in [6.45, 7) is 5.78. The van der Waals surface area contributed by atoms with Crippen LogP contribution < -0.4 is 0 Å². The molecule has 3 unspecified atom stereocenters. The number of cyclic esters (lactones) is 1. The van der Waals surface area contributed by atoms with Gasteiger partial charge in [-0.05, 0) is 25.7 Å². The average molecular weight is 327 g/mol. The molecule has 0 radical (unpaired) electrons. The van der Waals surface area contributed by atoms with E-state index >= 15 is 0 Å². The number of amides is 1. The Labute approximate surface area is 140 Å². The number of methoxy groups -OCH3 is 1. The molecule has 1 aliphatic heterocycles. The van der Waals surface area contributed by atoms with Crippen LogP contribution in [0.25, 0.3) is 0 Å². The maximum Gasteiger partial charge on any atom is 0.410 e. The van der Waals surface area contributed by atoms with Crippen LogP contribution in [0, 0.1) is 11.8 Å². The first kappa shape index (κ1) is 18.5. The third-order valence-electron chi connectivity index (χ3n) is 5.47. The van der Waals surface area contributed by atoms with E-state index in [1.165, 1.54) is 32.1 Å². The molecule has 1 saturated carbocycles. The Kier molecular flexibility index (Phi) is 7.63. The zero-order chi connectivity index (χ0) is 16.7. The van der Waals surface area contributed by atoms with Gasteiger partial charge < -0.3 is 19.1 Å². The summed E-state index contributed by atoms with van der Waals surface area (Å²) in [7, 11) is 1.63. The smallest absolute Gasteiger partial charge is 0.410 e. The van der Waals surface area contributed by atoms with Crippen molar-refractivity contribution in [1.29, 1.82) is 0 Å². The summed E-state index contributed by atoms with van der Waals surface area (Å²) in [5.74, 6) is 1.07. The van der Waals surface area contributed by atoms with Gasteiger partial charge in [-0.1, -0.05) is 39.0 Å². The highest BCUT2D eigenvalue weighted by Gasteiger charge is 2.36. The van der Waals surface area contributed by atoms with Crippen molar-refractivity contribution >= 4 is 6.09 Å². The molecule has 1 aliphatic carbocycles. The lowest BCUT2D eigenvalue weighted by Crippen LogP contribution is -2.41. The van der Waals surface area contributed by atoms with E-state index < -0.39 is 0 Å². The maximum atomic E-state index is 12.2. The highest BCUT2D eigenvalue weighted by molar-refractivity contribution is 5.70. The van der Waals surface area contributed by atoms with Crippen LogP contribution in [0.2, 0.25) is 0 Å². The first-order chi connectivity index (χ1) is 11.2. The zero-order valence-corrected chi connectivity index (χ0v) is 15.0. The normalized spacial score (nSPS) is 25.4. The lowest BCUT2D eigenvalue weighted by Gasteiger charge is -2.32. The highest BCUT2D eigenvalue weighted by Crippen LogP contribution is 2.31. The molecule has 1 heterocycles. The predicted octanol–water partition coefficient (Wildman–Crippen LogP) is 3.81. The molecule has 0 bridgehead atoms. The van der Waals surface area contributed by atoms with Crippen molar-refractivity contribution < 1.29 is 19.0 Å². The molecule has 0 aromatic heterocycles. The fourth-order valence-corrected chi connectivity index (χ4v) is 3.89. The van der Waals surface area contributed by atoms with Gasteiger partial charge in [-0.3, -0.25) is 0 Å². The Hall–Kier alpha value is -0.810. The number of hydrogen-bond acceptors (Lipinski definition) is 4. The Bertz CT molecular complexity index is 357. The van der Waals surface area contributed by atoms with Gasteiger partial charge in [0.1, 0.15) is 13.4 Å². The molecular formula is C18H33NO4. The second-order valence-electron chi connectivity index (χ2n) is 7.07. The molecule has 2 aliphatic rings. The molecule has 0 N–H and O–H groups in total. The summed E-state index contributed by atoms with van der Waals surface area (Å²) < 4.78 is 16.0. The van der Waals surface area contributed by atoms with E-state index in [0.29, 0.717) is 19.3 Å². The molecule has 2 fully saturated rings. The van der Waals surface area contributed by atoms with Gasteiger partial charge in [0.25, 0.3) is 0 Å². The molecule has 23 heavy (non-hydrogen) atoms. The lowest BCUT2D eigenvalue weighted by molar-refractivity contribution is -0.0873. The van der Waals surface area contributed by atoms with Gasteiger partial charge >= 0.3 is 6.09 Å². The van der Waals surface area contributed by atoms with E-state index in [-0.39, 0.29) is 18.2 Å². The lowest BCUT2D eigenvalue weighted by atomic mass is 9.84. The first-order valence-electron chi connectivity index (χ1n) is 9.19. The molecule has 5 nitrogen and oxygen atoms in total. The minimum absolute atomic E-state index is 0.0729. The number of rotatable bonds is 9. The third kappa shape index (κ3) is 5.35.